The van der Waals surface area contributed by atoms with Crippen molar-refractivity contribution in [1.29, 1.82) is 0 Å². The van der Waals surface area contributed by atoms with Gasteiger partial charge in [-0.15, -0.1) is 0 Å². The predicted octanol–water partition coefficient (Wildman–Crippen LogP) is 2.63. The fraction of sp³-hybridized carbons (Fsp3) is 0.333. The number of carboxylic acids is 1. The van der Waals surface area contributed by atoms with Crippen LogP contribution in [0.5, 0.6) is 0 Å². The molecule has 0 aliphatic carbocycles. The summed E-state index contributed by atoms with van der Waals surface area (Å²) in [5.74, 6) is -1.12. The number of urea groups is 1. The Morgan fingerprint density at radius 2 is 1.94 bits per heavy atom. The molecule has 0 aromatic heterocycles. The lowest BCUT2D eigenvalue weighted by Crippen LogP contribution is -2.51. The first-order valence-electron chi connectivity index (χ1n) is 5.31. The number of carboxylic acid groups (broad SMARTS) is 1. The van der Waals surface area contributed by atoms with Crippen molar-refractivity contribution < 1.29 is 14.7 Å². The Balaban J connectivity index is 2.77. The van der Waals surface area contributed by atoms with Gasteiger partial charge in [0.25, 0.3) is 0 Å². The highest BCUT2D eigenvalue weighted by atomic mass is 35.5. The molecular formula is C12H15ClN2O3. The third-order valence-electron chi connectivity index (χ3n) is 2.33. The molecule has 0 aliphatic rings. The molecule has 2 amide bonds. The Morgan fingerprint density at radius 1 is 1.33 bits per heavy atom. The zero-order chi connectivity index (χ0) is 13.9. The number of nitrogens with one attached hydrogen (secondary N) is 2. The van der Waals surface area contributed by atoms with Crippen LogP contribution < -0.4 is 10.6 Å². The number of aliphatic carboxylic acids is 1. The maximum Gasteiger partial charge on any atom is 0.328 e. The molecule has 0 fully saturated rings. The van der Waals surface area contributed by atoms with Gasteiger partial charge < -0.3 is 15.7 Å². The molecule has 3 N–H and O–H groups in total. The number of anilines is 1. The number of rotatable bonds is 3. The molecule has 98 valence electrons. The third-order valence-corrected chi connectivity index (χ3v) is 2.66. The van der Waals surface area contributed by atoms with Gasteiger partial charge in [-0.3, -0.25) is 0 Å². The van der Waals surface area contributed by atoms with Crippen LogP contribution in [0.2, 0.25) is 5.02 Å². The number of carbonyl (C=O) groups excluding carboxylic acids is 1. The van der Waals surface area contributed by atoms with Gasteiger partial charge in [0.15, 0.2) is 0 Å². The number of hydrogen-bond donors (Lipinski definition) is 3. The predicted molar refractivity (Wildman–Crippen MR) is 70.1 cm³/mol. The number of halogens is 1. The molecular weight excluding hydrogens is 256 g/mol. The van der Waals surface area contributed by atoms with E-state index in [1.54, 1.807) is 12.1 Å². The summed E-state index contributed by atoms with van der Waals surface area (Å²) in [7, 11) is 0. The number of amides is 2. The minimum Gasteiger partial charge on any atom is -0.480 e. The van der Waals surface area contributed by atoms with E-state index < -0.39 is 17.5 Å². The Labute approximate surface area is 110 Å². The van der Waals surface area contributed by atoms with E-state index in [2.05, 4.69) is 10.6 Å². The van der Waals surface area contributed by atoms with E-state index in [0.29, 0.717) is 10.7 Å². The van der Waals surface area contributed by atoms with Crippen molar-refractivity contribution >= 4 is 29.3 Å². The van der Waals surface area contributed by atoms with E-state index in [1.165, 1.54) is 13.8 Å². The van der Waals surface area contributed by atoms with E-state index >= 15 is 0 Å². The third kappa shape index (κ3) is 3.63. The van der Waals surface area contributed by atoms with Crippen molar-refractivity contribution in [3.63, 3.8) is 0 Å². The topological polar surface area (TPSA) is 78.4 Å². The summed E-state index contributed by atoms with van der Waals surface area (Å²) in [6, 6.07) is 4.56. The van der Waals surface area contributed by atoms with Crippen molar-refractivity contribution in [3.8, 4) is 0 Å². The summed E-state index contributed by atoms with van der Waals surface area (Å²) in [4.78, 5) is 22.5. The van der Waals surface area contributed by atoms with E-state index in [0.717, 1.165) is 5.56 Å². The summed E-state index contributed by atoms with van der Waals surface area (Å²) in [5.41, 5.74) is 0.0305. The fourth-order valence-corrected chi connectivity index (χ4v) is 1.39. The minimum atomic E-state index is -1.35. The second-order valence-corrected chi connectivity index (χ2v) is 4.90. The second-order valence-electron chi connectivity index (χ2n) is 4.49. The highest BCUT2D eigenvalue weighted by Crippen LogP contribution is 2.22. The lowest BCUT2D eigenvalue weighted by atomic mass is 10.1. The maximum atomic E-state index is 11.7. The van der Waals surface area contributed by atoms with Gasteiger partial charge in [0.05, 0.1) is 10.7 Å². The van der Waals surface area contributed by atoms with Crippen molar-refractivity contribution in [2.24, 2.45) is 0 Å². The SMILES string of the molecule is Cc1ccc(Cl)c(NC(=O)NC(C)(C)C(=O)O)c1. The van der Waals surface area contributed by atoms with Crippen LogP contribution in [0.25, 0.3) is 0 Å². The Kier molecular flexibility index (Phi) is 4.19. The summed E-state index contributed by atoms with van der Waals surface area (Å²) < 4.78 is 0. The highest BCUT2D eigenvalue weighted by Gasteiger charge is 2.29. The van der Waals surface area contributed by atoms with Crippen molar-refractivity contribution in [3.05, 3.63) is 28.8 Å². The molecule has 18 heavy (non-hydrogen) atoms. The molecule has 0 radical (unpaired) electrons. The van der Waals surface area contributed by atoms with Gasteiger partial charge in [-0.2, -0.15) is 0 Å². The summed E-state index contributed by atoms with van der Waals surface area (Å²) in [5, 5.41) is 14.1. The quantitative estimate of drug-likeness (QED) is 0.790. The number of carbonyl (C=O) groups is 2. The zero-order valence-electron chi connectivity index (χ0n) is 10.4. The summed E-state index contributed by atoms with van der Waals surface area (Å²) in [6.45, 7) is 4.65. The average Bonchev–Trinajstić information content (AvgIpc) is 2.22. The van der Waals surface area contributed by atoms with Crippen LogP contribution in [-0.2, 0) is 4.79 Å². The summed E-state index contributed by atoms with van der Waals surface area (Å²) >= 11 is 5.92. The number of hydrogen-bond acceptors (Lipinski definition) is 2. The van der Waals surface area contributed by atoms with Gasteiger partial charge >= 0.3 is 12.0 Å². The molecule has 0 spiro atoms. The Morgan fingerprint density at radius 3 is 2.50 bits per heavy atom. The van der Waals surface area contributed by atoms with E-state index in [4.69, 9.17) is 16.7 Å². The molecule has 0 saturated heterocycles. The van der Waals surface area contributed by atoms with Crippen molar-refractivity contribution in [2.75, 3.05) is 5.32 Å². The minimum absolute atomic E-state index is 0.392. The van der Waals surface area contributed by atoms with Crippen molar-refractivity contribution in [1.82, 2.24) is 5.32 Å². The van der Waals surface area contributed by atoms with Gasteiger partial charge in [0.1, 0.15) is 5.54 Å². The second kappa shape index (κ2) is 5.27. The Bertz CT molecular complexity index is 486. The standard InChI is InChI=1S/C12H15ClN2O3/c1-7-4-5-8(13)9(6-7)14-11(18)15-12(2,3)10(16)17/h4-6H,1-3H3,(H,16,17)(H2,14,15,18). The van der Waals surface area contributed by atoms with Crippen LogP contribution in [-0.4, -0.2) is 22.6 Å². The molecule has 0 atom stereocenters. The van der Waals surface area contributed by atoms with Gasteiger partial charge in [-0.05, 0) is 38.5 Å². The first-order chi connectivity index (χ1) is 8.22. The molecule has 6 heteroatoms. The van der Waals surface area contributed by atoms with Crippen LogP contribution >= 0.6 is 11.6 Å². The van der Waals surface area contributed by atoms with Crippen LogP contribution in [0.4, 0.5) is 10.5 Å². The molecule has 1 aromatic carbocycles. The van der Waals surface area contributed by atoms with Crippen LogP contribution in [0.15, 0.2) is 18.2 Å². The number of benzene rings is 1. The highest BCUT2D eigenvalue weighted by molar-refractivity contribution is 6.33. The van der Waals surface area contributed by atoms with Gasteiger partial charge in [0.2, 0.25) is 0 Å². The molecule has 0 aliphatic heterocycles. The Hall–Kier alpha value is -1.75. The molecule has 0 heterocycles. The van der Waals surface area contributed by atoms with Crippen molar-refractivity contribution in [2.45, 2.75) is 26.3 Å². The van der Waals surface area contributed by atoms with Gasteiger partial charge in [0, 0.05) is 0 Å². The fourth-order valence-electron chi connectivity index (χ4n) is 1.23. The molecule has 0 bridgehead atoms. The smallest absolute Gasteiger partial charge is 0.328 e. The number of aryl methyl sites for hydroxylation is 1. The monoisotopic (exact) mass is 270 g/mol. The molecule has 1 aromatic rings. The molecule has 5 nitrogen and oxygen atoms in total. The first kappa shape index (κ1) is 14.3. The lowest BCUT2D eigenvalue weighted by molar-refractivity contribution is -0.142. The lowest BCUT2D eigenvalue weighted by Gasteiger charge is -2.21. The van der Waals surface area contributed by atoms with E-state index in [-0.39, 0.29) is 0 Å². The molecule has 1 rings (SSSR count). The van der Waals surface area contributed by atoms with Gasteiger partial charge in [-0.1, -0.05) is 17.7 Å². The van der Waals surface area contributed by atoms with E-state index in [9.17, 15) is 9.59 Å². The average molecular weight is 271 g/mol. The van der Waals surface area contributed by atoms with Gasteiger partial charge in [-0.25, -0.2) is 9.59 Å². The first-order valence-corrected chi connectivity index (χ1v) is 5.69. The normalized spacial score (nSPS) is 10.9. The van der Waals surface area contributed by atoms with Crippen LogP contribution in [0, 0.1) is 6.92 Å². The largest absolute Gasteiger partial charge is 0.480 e. The zero-order valence-corrected chi connectivity index (χ0v) is 11.1. The maximum absolute atomic E-state index is 11.7. The molecule has 0 unspecified atom stereocenters. The van der Waals surface area contributed by atoms with E-state index in [1.807, 2.05) is 13.0 Å². The van der Waals surface area contributed by atoms with Crippen LogP contribution in [0.3, 0.4) is 0 Å². The van der Waals surface area contributed by atoms with Crippen LogP contribution in [0.1, 0.15) is 19.4 Å². The molecule has 0 saturated carbocycles. The summed E-state index contributed by atoms with van der Waals surface area (Å²) in [6.07, 6.45) is 0.